The number of hydrogen-bond donors (Lipinski definition) is 1. The van der Waals surface area contributed by atoms with Crippen molar-refractivity contribution in [1.29, 1.82) is 0 Å². The molecule has 0 fully saturated rings. The molecule has 3 nitrogen and oxygen atoms in total. The normalized spacial score (nSPS) is 12.6. The van der Waals surface area contributed by atoms with Gasteiger partial charge in [0.2, 0.25) is 0 Å². The van der Waals surface area contributed by atoms with Crippen molar-refractivity contribution in [2.45, 2.75) is 12.7 Å². The van der Waals surface area contributed by atoms with Crippen molar-refractivity contribution in [2.24, 2.45) is 0 Å². The van der Waals surface area contributed by atoms with Crippen LogP contribution in [0.4, 0.5) is 0 Å². The molecule has 16 heavy (non-hydrogen) atoms. The van der Waals surface area contributed by atoms with Crippen LogP contribution in [0, 0.1) is 0 Å². The molecule has 0 aliphatic heterocycles. The van der Waals surface area contributed by atoms with E-state index in [-0.39, 0.29) is 0 Å². The summed E-state index contributed by atoms with van der Waals surface area (Å²) in [6.45, 7) is 0.540. The number of aliphatic hydroxyl groups excluding tert-OH is 1. The third-order valence-electron chi connectivity index (χ3n) is 2.39. The van der Waals surface area contributed by atoms with Gasteiger partial charge in [0.25, 0.3) is 0 Å². The average molecular weight is 218 g/mol. The molecule has 0 bridgehead atoms. The minimum Gasteiger partial charge on any atom is -0.466 e. The van der Waals surface area contributed by atoms with E-state index in [9.17, 15) is 5.11 Å². The number of furan rings is 1. The Hall–Kier alpha value is -1.58. The van der Waals surface area contributed by atoms with Gasteiger partial charge in [-0.15, -0.1) is 0 Å². The monoisotopic (exact) mass is 218 g/mol. The highest BCUT2D eigenvalue weighted by atomic mass is 16.5. The van der Waals surface area contributed by atoms with Gasteiger partial charge in [-0.25, -0.2) is 0 Å². The van der Waals surface area contributed by atoms with Gasteiger partial charge in [-0.2, -0.15) is 0 Å². The van der Waals surface area contributed by atoms with Gasteiger partial charge in [-0.1, -0.05) is 24.3 Å². The summed E-state index contributed by atoms with van der Waals surface area (Å²) in [5, 5.41) is 10.0. The number of ether oxygens (including phenoxy) is 1. The second-order valence-corrected chi connectivity index (χ2v) is 3.60. The van der Waals surface area contributed by atoms with Gasteiger partial charge < -0.3 is 14.3 Å². The molecule has 2 aromatic rings. The van der Waals surface area contributed by atoms with Crippen molar-refractivity contribution >= 4 is 0 Å². The van der Waals surface area contributed by atoms with E-state index < -0.39 is 6.10 Å². The lowest BCUT2D eigenvalue weighted by Crippen LogP contribution is -1.99. The molecule has 0 spiro atoms. The van der Waals surface area contributed by atoms with Crippen LogP contribution in [0.2, 0.25) is 0 Å². The highest BCUT2D eigenvalue weighted by Crippen LogP contribution is 2.22. The highest BCUT2D eigenvalue weighted by molar-refractivity contribution is 5.28. The number of aliphatic hydroxyl groups is 1. The van der Waals surface area contributed by atoms with Crippen molar-refractivity contribution in [1.82, 2.24) is 0 Å². The van der Waals surface area contributed by atoms with Crippen molar-refractivity contribution in [3.63, 3.8) is 0 Å². The van der Waals surface area contributed by atoms with E-state index in [4.69, 9.17) is 9.15 Å². The Kier molecular flexibility index (Phi) is 3.39. The van der Waals surface area contributed by atoms with Gasteiger partial charge in [0, 0.05) is 7.11 Å². The zero-order valence-corrected chi connectivity index (χ0v) is 9.09. The summed E-state index contributed by atoms with van der Waals surface area (Å²) in [6, 6.07) is 11.2. The molecule has 0 saturated heterocycles. The zero-order valence-electron chi connectivity index (χ0n) is 9.09. The van der Waals surface area contributed by atoms with E-state index in [0.717, 1.165) is 11.1 Å². The summed E-state index contributed by atoms with van der Waals surface area (Å²) < 4.78 is 10.2. The SMILES string of the molecule is COCc1cccc(C(O)c2ccco2)c1. The maximum Gasteiger partial charge on any atom is 0.137 e. The summed E-state index contributed by atoms with van der Waals surface area (Å²) in [5.41, 5.74) is 1.84. The second kappa shape index (κ2) is 4.96. The average Bonchev–Trinajstić information content (AvgIpc) is 2.82. The molecule has 1 aromatic heterocycles. The molecule has 1 heterocycles. The summed E-state index contributed by atoms with van der Waals surface area (Å²) >= 11 is 0. The Balaban J connectivity index is 2.23. The van der Waals surface area contributed by atoms with E-state index in [0.29, 0.717) is 12.4 Å². The van der Waals surface area contributed by atoms with Crippen molar-refractivity contribution in [3.8, 4) is 0 Å². The first-order valence-electron chi connectivity index (χ1n) is 5.10. The number of benzene rings is 1. The topological polar surface area (TPSA) is 42.6 Å². The molecule has 0 aliphatic rings. The smallest absolute Gasteiger partial charge is 0.137 e. The second-order valence-electron chi connectivity index (χ2n) is 3.60. The van der Waals surface area contributed by atoms with Gasteiger partial charge in [0.1, 0.15) is 11.9 Å². The third-order valence-corrected chi connectivity index (χ3v) is 2.39. The zero-order chi connectivity index (χ0) is 11.4. The van der Waals surface area contributed by atoms with Crippen molar-refractivity contribution in [3.05, 3.63) is 59.5 Å². The van der Waals surface area contributed by atoms with E-state index in [1.54, 1.807) is 25.5 Å². The summed E-state index contributed by atoms with van der Waals surface area (Å²) in [6.07, 6.45) is 0.837. The van der Waals surface area contributed by atoms with Crippen LogP contribution in [0.5, 0.6) is 0 Å². The van der Waals surface area contributed by atoms with Gasteiger partial charge >= 0.3 is 0 Å². The summed E-state index contributed by atoms with van der Waals surface area (Å²) in [7, 11) is 1.65. The first-order valence-corrected chi connectivity index (χ1v) is 5.10. The Labute approximate surface area is 94.3 Å². The largest absolute Gasteiger partial charge is 0.466 e. The lowest BCUT2D eigenvalue weighted by molar-refractivity contribution is 0.181. The molecule has 1 unspecified atom stereocenters. The molecule has 1 atom stereocenters. The lowest BCUT2D eigenvalue weighted by atomic mass is 10.0. The minimum atomic E-state index is -0.716. The Bertz CT molecular complexity index is 434. The quantitative estimate of drug-likeness (QED) is 0.857. The standard InChI is InChI=1S/C13H14O3/c1-15-9-10-4-2-5-11(8-10)13(14)12-6-3-7-16-12/h2-8,13-14H,9H2,1H3. The maximum absolute atomic E-state index is 10.0. The molecule has 0 saturated carbocycles. The Morgan fingerprint density at radius 3 is 2.88 bits per heavy atom. The molecule has 0 radical (unpaired) electrons. The summed E-state index contributed by atoms with van der Waals surface area (Å²) in [4.78, 5) is 0. The van der Waals surface area contributed by atoms with Crippen LogP contribution in [0.25, 0.3) is 0 Å². The molecule has 1 aromatic carbocycles. The van der Waals surface area contributed by atoms with Gasteiger partial charge in [0.05, 0.1) is 12.9 Å². The van der Waals surface area contributed by atoms with Crippen LogP contribution >= 0.6 is 0 Å². The number of hydrogen-bond acceptors (Lipinski definition) is 3. The fourth-order valence-corrected chi connectivity index (χ4v) is 1.63. The molecule has 84 valence electrons. The van der Waals surface area contributed by atoms with E-state index in [1.807, 2.05) is 24.3 Å². The van der Waals surface area contributed by atoms with E-state index >= 15 is 0 Å². The van der Waals surface area contributed by atoms with E-state index in [1.165, 1.54) is 0 Å². The van der Waals surface area contributed by atoms with E-state index in [2.05, 4.69) is 0 Å². The molecule has 1 N–H and O–H groups in total. The predicted molar refractivity (Wildman–Crippen MR) is 59.9 cm³/mol. The Morgan fingerprint density at radius 1 is 1.31 bits per heavy atom. The number of rotatable bonds is 4. The lowest BCUT2D eigenvalue weighted by Gasteiger charge is -2.09. The van der Waals surface area contributed by atoms with Crippen LogP contribution in [-0.4, -0.2) is 12.2 Å². The number of methoxy groups -OCH3 is 1. The Morgan fingerprint density at radius 2 is 2.19 bits per heavy atom. The van der Waals surface area contributed by atoms with Gasteiger partial charge in [-0.05, 0) is 23.3 Å². The van der Waals surface area contributed by atoms with Gasteiger partial charge in [-0.3, -0.25) is 0 Å². The molecular formula is C13H14O3. The third kappa shape index (κ3) is 2.32. The van der Waals surface area contributed by atoms with Crippen LogP contribution in [0.1, 0.15) is 23.0 Å². The molecule has 0 aliphatic carbocycles. The molecule has 2 rings (SSSR count). The van der Waals surface area contributed by atoms with Crippen molar-refractivity contribution in [2.75, 3.05) is 7.11 Å². The van der Waals surface area contributed by atoms with Crippen molar-refractivity contribution < 1.29 is 14.3 Å². The molecular weight excluding hydrogens is 204 g/mol. The first kappa shape index (κ1) is 10.9. The molecule has 0 amide bonds. The maximum atomic E-state index is 10.0. The minimum absolute atomic E-state index is 0.540. The van der Waals surface area contributed by atoms with Crippen LogP contribution in [-0.2, 0) is 11.3 Å². The fourth-order valence-electron chi connectivity index (χ4n) is 1.63. The highest BCUT2D eigenvalue weighted by Gasteiger charge is 2.12. The van der Waals surface area contributed by atoms with Crippen LogP contribution in [0.3, 0.4) is 0 Å². The van der Waals surface area contributed by atoms with Crippen LogP contribution < -0.4 is 0 Å². The fraction of sp³-hybridized carbons (Fsp3) is 0.231. The summed E-state index contributed by atoms with van der Waals surface area (Å²) in [5.74, 6) is 0.551. The van der Waals surface area contributed by atoms with Crippen LogP contribution in [0.15, 0.2) is 47.1 Å². The first-order chi connectivity index (χ1) is 7.81. The predicted octanol–water partition coefficient (Wildman–Crippen LogP) is 2.51. The van der Waals surface area contributed by atoms with Gasteiger partial charge in [0.15, 0.2) is 0 Å². The molecule has 3 heteroatoms.